The molecule has 1 aliphatic rings. The third-order valence-corrected chi connectivity index (χ3v) is 2.37. The van der Waals surface area contributed by atoms with Gasteiger partial charge in [-0.2, -0.15) is 0 Å². The fourth-order valence-electron chi connectivity index (χ4n) is 1.53. The number of hydrogen-bond donors (Lipinski definition) is 1. The molecule has 1 aliphatic heterocycles. The largest absolute Gasteiger partial charge is 0.468 e. The van der Waals surface area contributed by atoms with Gasteiger partial charge in [0.15, 0.2) is 0 Å². The monoisotopic (exact) mass is 203 g/mol. The fraction of sp³-hybridized carbons (Fsp3) is 0.889. The van der Waals surface area contributed by atoms with Crippen LogP contribution in [0.2, 0.25) is 0 Å². The predicted octanol–water partition coefficient (Wildman–Crippen LogP) is -0.445. The number of nitrogens with one attached hydrogen (secondary N) is 1. The minimum Gasteiger partial charge on any atom is -0.468 e. The van der Waals surface area contributed by atoms with E-state index in [0.717, 1.165) is 0 Å². The number of carbonyl (C=O) groups excluding carboxylic acids is 1. The van der Waals surface area contributed by atoms with Gasteiger partial charge < -0.3 is 14.2 Å². The molecule has 0 saturated carbocycles. The molecule has 1 saturated heterocycles. The van der Waals surface area contributed by atoms with Crippen molar-refractivity contribution in [3.63, 3.8) is 0 Å². The second-order valence-corrected chi connectivity index (χ2v) is 3.30. The first-order chi connectivity index (χ1) is 6.75. The van der Waals surface area contributed by atoms with Gasteiger partial charge in [-0.15, -0.1) is 0 Å². The average Bonchev–Trinajstić information content (AvgIpc) is 2.67. The Balaban J connectivity index is 2.49. The molecule has 0 spiro atoms. The fourth-order valence-corrected chi connectivity index (χ4v) is 1.53. The van der Waals surface area contributed by atoms with Crippen molar-refractivity contribution in [1.82, 2.24) is 5.32 Å². The third-order valence-electron chi connectivity index (χ3n) is 2.37. The molecule has 14 heavy (non-hydrogen) atoms. The lowest BCUT2D eigenvalue weighted by Gasteiger charge is -2.25. The van der Waals surface area contributed by atoms with Crippen LogP contribution in [-0.4, -0.2) is 52.1 Å². The lowest BCUT2D eigenvalue weighted by atomic mass is 9.99. The normalized spacial score (nSPS) is 26.4. The van der Waals surface area contributed by atoms with Crippen molar-refractivity contribution >= 4 is 5.97 Å². The highest BCUT2D eigenvalue weighted by atomic mass is 16.5. The van der Waals surface area contributed by atoms with Gasteiger partial charge in [0.2, 0.25) is 0 Å². The molecule has 1 fully saturated rings. The summed E-state index contributed by atoms with van der Waals surface area (Å²) in [5.41, 5.74) is -0.659. The van der Waals surface area contributed by atoms with Crippen molar-refractivity contribution < 1.29 is 19.0 Å². The lowest BCUT2D eigenvalue weighted by molar-refractivity contribution is -0.148. The van der Waals surface area contributed by atoms with E-state index < -0.39 is 5.54 Å². The number of carbonyl (C=O) groups is 1. The van der Waals surface area contributed by atoms with Gasteiger partial charge in [0.1, 0.15) is 5.54 Å². The van der Waals surface area contributed by atoms with Crippen molar-refractivity contribution in [1.29, 1.82) is 0 Å². The summed E-state index contributed by atoms with van der Waals surface area (Å²) >= 11 is 0. The standard InChI is InChI=1S/C9H17NO4/c1-12-6-4-10-9(8(11)13-2)3-5-14-7-9/h10H,3-7H2,1-2H3. The zero-order valence-corrected chi connectivity index (χ0v) is 8.67. The van der Waals surface area contributed by atoms with Gasteiger partial charge in [0.25, 0.3) is 0 Å². The van der Waals surface area contributed by atoms with E-state index in [1.54, 1.807) is 7.11 Å². The van der Waals surface area contributed by atoms with E-state index in [2.05, 4.69) is 5.32 Å². The summed E-state index contributed by atoms with van der Waals surface area (Å²) in [5.74, 6) is -0.258. The zero-order valence-electron chi connectivity index (χ0n) is 8.67. The van der Waals surface area contributed by atoms with Gasteiger partial charge in [0, 0.05) is 26.7 Å². The number of hydrogen-bond acceptors (Lipinski definition) is 5. The maximum absolute atomic E-state index is 11.5. The van der Waals surface area contributed by atoms with E-state index in [4.69, 9.17) is 14.2 Å². The van der Waals surface area contributed by atoms with Crippen molar-refractivity contribution in [2.45, 2.75) is 12.0 Å². The van der Waals surface area contributed by atoms with Crippen LogP contribution in [0.5, 0.6) is 0 Å². The summed E-state index contributed by atoms with van der Waals surface area (Å²) < 4.78 is 14.9. The van der Waals surface area contributed by atoms with Crippen molar-refractivity contribution in [2.75, 3.05) is 40.6 Å². The molecule has 0 bridgehead atoms. The molecule has 1 heterocycles. The highest BCUT2D eigenvalue weighted by Gasteiger charge is 2.42. The van der Waals surface area contributed by atoms with Crippen molar-refractivity contribution in [3.05, 3.63) is 0 Å². The molecular weight excluding hydrogens is 186 g/mol. The zero-order chi connectivity index (χ0) is 10.4. The molecule has 0 aliphatic carbocycles. The van der Waals surface area contributed by atoms with Crippen LogP contribution >= 0.6 is 0 Å². The Morgan fingerprint density at radius 2 is 2.36 bits per heavy atom. The average molecular weight is 203 g/mol. The maximum Gasteiger partial charge on any atom is 0.328 e. The second-order valence-electron chi connectivity index (χ2n) is 3.30. The van der Waals surface area contributed by atoms with Gasteiger partial charge in [-0.3, -0.25) is 5.32 Å². The molecule has 0 radical (unpaired) electrons. The summed E-state index contributed by atoms with van der Waals surface area (Å²) in [7, 11) is 3.01. The summed E-state index contributed by atoms with van der Waals surface area (Å²) in [6.45, 7) is 2.16. The quantitative estimate of drug-likeness (QED) is 0.484. The summed E-state index contributed by atoms with van der Waals surface area (Å²) in [6.07, 6.45) is 0.656. The van der Waals surface area contributed by atoms with E-state index in [1.165, 1.54) is 7.11 Å². The summed E-state index contributed by atoms with van der Waals surface area (Å²) in [6, 6.07) is 0. The van der Waals surface area contributed by atoms with Crippen LogP contribution in [0, 0.1) is 0 Å². The molecule has 1 atom stereocenters. The van der Waals surface area contributed by atoms with E-state index in [0.29, 0.717) is 32.8 Å². The third kappa shape index (κ3) is 2.43. The molecule has 5 heteroatoms. The minimum absolute atomic E-state index is 0.258. The Hall–Kier alpha value is -0.650. The number of methoxy groups -OCH3 is 2. The molecule has 0 aromatic carbocycles. The molecule has 82 valence electrons. The highest BCUT2D eigenvalue weighted by molar-refractivity contribution is 5.81. The van der Waals surface area contributed by atoms with E-state index in [9.17, 15) is 4.79 Å². The second kappa shape index (κ2) is 5.29. The minimum atomic E-state index is -0.659. The Bertz CT molecular complexity index is 189. The molecule has 0 amide bonds. The molecule has 5 nitrogen and oxygen atoms in total. The number of esters is 1. The Labute approximate surface area is 83.7 Å². The van der Waals surface area contributed by atoms with Gasteiger partial charge in [-0.1, -0.05) is 0 Å². The Morgan fingerprint density at radius 1 is 1.57 bits per heavy atom. The SMILES string of the molecule is COCCNC1(C(=O)OC)CCOC1. The molecule has 0 aromatic heterocycles. The number of rotatable bonds is 5. The van der Waals surface area contributed by atoms with Crippen LogP contribution in [0.3, 0.4) is 0 Å². The van der Waals surface area contributed by atoms with E-state index in [-0.39, 0.29) is 5.97 Å². The first kappa shape index (κ1) is 11.4. The van der Waals surface area contributed by atoms with Crippen LogP contribution in [-0.2, 0) is 19.0 Å². The van der Waals surface area contributed by atoms with Crippen LogP contribution in [0.25, 0.3) is 0 Å². The van der Waals surface area contributed by atoms with Crippen LogP contribution in [0.15, 0.2) is 0 Å². The topological polar surface area (TPSA) is 56.8 Å². The number of ether oxygens (including phenoxy) is 3. The lowest BCUT2D eigenvalue weighted by Crippen LogP contribution is -2.54. The molecule has 1 rings (SSSR count). The maximum atomic E-state index is 11.5. The summed E-state index contributed by atoms with van der Waals surface area (Å²) in [4.78, 5) is 11.5. The van der Waals surface area contributed by atoms with E-state index >= 15 is 0 Å². The Kier molecular flexibility index (Phi) is 4.31. The van der Waals surface area contributed by atoms with Crippen LogP contribution < -0.4 is 5.32 Å². The predicted molar refractivity (Wildman–Crippen MR) is 50.1 cm³/mol. The van der Waals surface area contributed by atoms with Crippen molar-refractivity contribution in [3.8, 4) is 0 Å². The van der Waals surface area contributed by atoms with Gasteiger partial charge in [-0.05, 0) is 0 Å². The molecule has 1 unspecified atom stereocenters. The van der Waals surface area contributed by atoms with Gasteiger partial charge >= 0.3 is 5.97 Å². The Morgan fingerprint density at radius 3 is 2.86 bits per heavy atom. The van der Waals surface area contributed by atoms with Crippen LogP contribution in [0.1, 0.15) is 6.42 Å². The van der Waals surface area contributed by atoms with Crippen molar-refractivity contribution in [2.24, 2.45) is 0 Å². The molecule has 1 N–H and O–H groups in total. The van der Waals surface area contributed by atoms with Gasteiger partial charge in [-0.25, -0.2) is 4.79 Å². The van der Waals surface area contributed by atoms with E-state index in [1.807, 2.05) is 0 Å². The van der Waals surface area contributed by atoms with Gasteiger partial charge in [0.05, 0.1) is 20.3 Å². The summed E-state index contributed by atoms with van der Waals surface area (Å²) in [5, 5.41) is 3.12. The molecular formula is C9H17NO4. The first-order valence-electron chi connectivity index (χ1n) is 4.65. The smallest absolute Gasteiger partial charge is 0.328 e. The highest BCUT2D eigenvalue weighted by Crippen LogP contribution is 2.19. The van der Waals surface area contributed by atoms with Crippen LogP contribution in [0.4, 0.5) is 0 Å². The first-order valence-corrected chi connectivity index (χ1v) is 4.65. The molecule has 0 aromatic rings.